The van der Waals surface area contributed by atoms with Crippen molar-refractivity contribution >= 4 is 40.6 Å². The molecule has 0 spiro atoms. The monoisotopic (exact) mass is 489 g/mol. The number of carbonyl (C=O) groups is 5. The molecule has 1 heterocycles. The molecule has 8 N–H and O–H groups in total. The highest BCUT2D eigenvalue weighted by atomic mass is 16.4. The molecule has 12 nitrogen and oxygen atoms in total. The van der Waals surface area contributed by atoms with E-state index in [1.54, 1.807) is 20.0 Å². The van der Waals surface area contributed by atoms with Crippen LogP contribution in [0.5, 0.6) is 0 Å². The number of amides is 3. The average Bonchev–Trinajstić information content (AvgIpc) is 3.21. The van der Waals surface area contributed by atoms with E-state index in [1.807, 2.05) is 24.3 Å². The molecular formula is C23H31N5O7. The number of carboxylic acid groups (broad SMARTS) is 2. The maximum atomic E-state index is 13.2. The van der Waals surface area contributed by atoms with Gasteiger partial charge in [0.1, 0.15) is 18.1 Å². The Morgan fingerprint density at radius 2 is 1.66 bits per heavy atom. The summed E-state index contributed by atoms with van der Waals surface area (Å²) in [6, 6.07) is 3.82. The molecule has 3 unspecified atom stereocenters. The molecule has 2 aromatic rings. The first-order valence-corrected chi connectivity index (χ1v) is 11.1. The minimum atomic E-state index is -1.43. The molecule has 190 valence electrons. The van der Waals surface area contributed by atoms with Gasteiger partial charge in [-0.1, -0.05) is 32.0 Å². The first kappa shape index (κ1) is 27.3. The molecule has 0 aliphatic heterocycles. The molecule has 0 saturated carbocycles. The lowest BCUT2D eigenvalue weighted by atomic mass is 10.00. The molecule has 1 aromatic carbocycles. The van der Waals surface area contributed by atoms with Gasteiger partial charge in [0.15, 0.2) is 0 Å². The minimum Gasteiger partial charge on any atom is -0.481 e. The Labute approximate surface area is 201 Å². The van der Waals surface area contributed by atoms with E-state index in [-0.39, 0.29) is 19.4 Å². The number of aromatic nitrogens is 1. The number of benzene rings is 1. The van der Waals surface area contributed by atoms with Gasteiger partial charge in [0.05, 0.1) is 6.54 Å². The summed E-state index contributed by atoms with van der Waals surface area (Å²) in [5, 5.41) is 26.4. The summed E-state index contributed by atoms with van der Waals surface area (Å²) in [6.07, 6.45) is 1.08. The Morgan fingerprint density at radius 3 is 2.26 bits per heavy atom. The van der Waals surface area contributed by atoms with Crippen LogP contribution in [0.2, 0.25) is 0 Å². The van der Waals surface area contributed by atoms with E-state index >= 15 is 0 Å². The van der Waals surface area contributed by atoms with Crippen molar-refractivity contribution in [2.24, 2.45) is 11.7 Å². The lowest BCUT2D eigenvalue weighted by molar-refractivity contribution is -0.143. The Kier molecular flexibility index (Phi) is 9.76. The fourth-order valence-electron chi connectivity index (χ4n) is 3.56. The predicted octanol–water partition coefficient (Wildman–Crippen LogP) is -0.271. The van der Waals surface area contributed by atoms with Crippen LogP contribution in [0.4, 0.5) is 0 Å². The first-order valence-electron chi connectivity index (χ1n) is 11.1. The van der Waals surface area contributed by atoms with Crippen molar-refractivity contribution in [3.8, 4) is 0 Å². The van der Waals surface area contributed by atoms with Gasteiger partial charge in [-0.15, -0.1) is 0 Å². The summed E-state index contributed by atoms with van der Waals surface area (Å²) in [4.78, 5) is 63.3. The second-order valence-electron chi connectivity index (χ2n) is 8.45. The third kappa shape index (κ3) is 7.81. The third-order valence-corrected chi connectivity index (χ3v) is 5.44. The van der Waals surface area contributed by atoms with Crippen molar-refractivity contribution < 1.29 is 34.2 Å². The molecule has 0 radical (unpaired) electrons. The summed E-state index contributed by atoms with van der Waals surface area (Å²) >= 11 is 0. The molecule has 0 bridgehead atoms. The molecule has 0 fully saturated rings. The van der Waals surface area contributed by atoms with Crippen LogP contribution >= 0.6 is 0 Å². The van der Waals surface area contributed by atoms with Crippen LogP contribution in [0.1, 0.15) is 32.3 Å². The van der Waals surface area contributed by atoms with E-state index < -0.39 is 60.1 Å². The summed E-state index contributed by atoms with van der Waals surface area (Å²) in [5.41, 5.74) is 7.02. The number of rotatable bonds is 13. The molecule has 2 rings (SSSR count). The van der Waals surface area contributed by atoms with E-state index in [4.69, 9.17) is 10.8 Å². The van der Waals surface area contributed by atoms with Crippen LogP contribution in [-0.2, 0) is 30.4 Å². The maximum absolute atomic E-state index is 13.2. The zero-order chi connectivity index (χ0) is 26.1. The summed E-state index contributed by atoms with van der Waals surface area (Å²) < 4.78 is 0. The standard InChI is InChI=1S/C23H31N5O7/c1-12(2)20(22(33)27-16(23(34)35)7-8-19(30)31)28-21(32)17(26-18(29)10-24)9-13-11-25-15-6-4-3-5-14(13)15/h3-6,11-12,16-17,20,25H,7-10,24H2,1-2H3,(H,26,29)(H,27,33)(H,28,32)(H,30,31)(H,34,35). The second kappa shape index (κ2) is 12.5. The Balaban J connectivity index is 2.20. The smallest absolute Gasteiger partial charge is 0.326 e. The van der Waals surface area contributed by atoms with Crippen LogP contribution in [0, 0.1) is 5.92 Å². The van der Waals surface area contributed by atoms with Crippen molar-refractivity contribution in [2.45, 2.75) is 51.2 Å². The normalized spacial score (nSPS) is 13.6. The lowest BCUT2D eigenvalue weighted by Gasteiger charge is -2.26. The molecule has 3 amide bonds. The molecule has 1 aromatic heterocycles. The highest BCUT2D eigenvalue weighted by molar-refractivity contribution is 5.94. The number of aromatic amines is 1. The first-order chi connectivity index (χ1) is 16.5. The topological polar surface area (TPSA) is 204 Å². The molecule has 3 atom stereocenters. The van der Waals surface area contributed by atoms with Gasteiger partial charge in [-0.3, -0.25) is 19.2 Å². The summed E-state index contributed by atoms with van der Waals surface area (Å²) in [6.45, 7) is 2.98. The fourth-order valence-corrected chi connectivity index (χ4v) is 3.56. The number of fused-ring (bicyclic) bond motifs is 1. The molecule has 35 heavy (non-hydrogen) atoms. The fraction of sp³-hybridized carbons (Fsp3) is 0.435. The van der Waals surface area contributed by atoms with Crippen LogP contribution in [0.15, 0.2) is 30.5 Å². The highest BCUT2D eigenvalue weighted by Gasteiger charge is 2.31. The van der Waals surface area contributed by atoms with Gasteiger partial charge in [-0.2, -0.15) is 0 Å². The predicted molar refractivity (Wildman–Crippen MR) is 126 cm³/mol. The average molecular weight is 490 g/mol. The van der Waals surface area contributed by atoms with Gasteiger partial charge in [0.25, 0.3) is 0 Å². The zero-order valence-corrected chi connectivity index (χ0v) is 19.5. The molecule has 12 heteroatoms. The quantitative estimate of drug-likeness (QED) is 0.199. The summed E-state index contributed by atoms with van der Waals surface area (Å²) in [5.74, 6) is -5.01. The number of aliphatic carboxylic acids is 2. The molecule has 0 saturated heterocycles. The third-order valence-electron chi connectivity index (χ3n) is 5.44. The van der Waals surface area contributed by atoms with Gasteiger partial charge in [-0.05, 0) is 24.0 Å². The number of carboxylic acids is 2. The zero-order valence-electron chi connectivity index (χ0n) is 19.5. The van der Waals surface area contributed by atoms with Crippen LogP contribution in [0.25, 0.3) is 10.9 Å². The number of carbonyl (C=O) groups excluding carboxylic acids is 3. The van der Waals surface area contributed by atoms with Crippen molar-refractivity contribution in [3.05, 3.63) is 36.0 Å². The van der Waals surface area contributed by atoms with Crippen LogP contribution in [0.3, 0.4) is 0 Å². The highest BCUT2D eigenvalue weighted by Crippen LogP contribution is 2.19. The molecule has 0 aliphatic carbocycles. The maximum Gasteiger partial charge on any atom is 0.326 e. The van der Waals surface area contributed by atoms with Gasteiger partial charge in [-0.25, -0.2) is 4.79 Å². The number of para-hydroxylation sites is 1. The van der Waals surface area contributed by atoms with Crippen LogP contribution in [-0.4, -0.2) is 69.5 Å². The minimum absolute atomic E-state index is 0.115. The van der Waals surface area contributed by atoms with Crippen LogP contribution < -0.4 is 21.7 Å². The van der Waals surface area contributed by atoms with Crippen molar-refractivity contribution in [3.63, 3.8) is 0 Å². The van der Waals surface area contributed by atoms with E-state index in [0.717, 1.165) is 16.5 Å². The number of hydrogen-bond acceptors (Lipinski definition) is 6. The number of nitrogens with one attached hydrogen (secondary N) is 4. The molecule has 0 aliphatic rings. The Hall–Kier alpha value is -3.93. The second-order valence-corrected chi connectivity index (χ2v) is 8.45. The van der Waals surface area contributed by atoms with Gasteiger partial charge >= 0.3 is 11.9 Å². The van der Waals surface area contributed by atoms with E-state index in [9.17, 15) is 29.1 Å². The Bertz CT molecular complexity index is 1080. The number of nitrogens with two attached hydrogens (primary N) is 1. The molecular weight excluding hydrogens is 458 g/mol. The lowest BCUT2D eigenvalue weighted by Crippen LogP contribution is -2.58. The largest absolute Gasteiger partial charge is 0.481 e. The number of H-pyrrole nitrogens is 1. The van der Waals surface area contributed by atoms with Gasteiger partial charge < -0.3 is 36.9 Å². The number of hydrogen-bond donors (Lipinski definition) is 7. The Morgan fingerprint density at radius 1 is 0.971 bits per heavy atom. The van der Waals surface area contributed by atoms with Crippen molar-refractivity contribution in [1.82, 2.24) is 20.9 Å². The van der Waals surface area contributed by atoms with Crippen molar-refractivity contribution in [1.29, 1.82) is 0 Å². The van der Waals surface area contributed by atoms with E-state index in [1.165, 1.54) is 0 Å². The summed E-state index contributed by atoms with van der Waals surface area (Å²) in [7, 11) is 0. The van der Waals surface area contributed by atoms with E-state index in [0.29, 0.717) is 0 Å². The van der Waals surface area contributed by atoms with E-state index in [2.05, 4.69) is 20.9 Å². The van der Waals surface area contributed by atoms with Gasteiger partial charge in [0.2, 0.25) is 17.7 Å². The van der Waals surface area contributed by atoms with Gasteiger partial charge in [0, 0.05) is 29.9 Å². The van der Waals surface area contributed by atoms with Crippen molar-refractivity contribution in [2.75, 3.05) is 6.54 Å². The SMILES string of the molecule is CC(C)C(NC(=O)C(Cc1c[nH]c2ccccc12)NC(=O)CN)C(=O)NC(CCC(=O)O)C(=O)O.